The summed E-state index contributed by atoms with van der Waals surface area (Å²) in [5.74, 6) is 1.04. The number of furan rings is 1. The predicted molar refractivity (Wildman–Crippen MR) is 121 cm³/mol. The van der Waals surface area contributed by atoms with E-state index in [9.17, 15) is 4.79 Å². The number of hydrogen-bond donors (Lipinski definition) is 0. The quantitative estimate of drug-likeness (QED) is 0.540. The number of anilines is 1. The second-order valence-electron chi connectivity index (χ2n) is 8.25. The molecule has 4 heteroatoms. The number of nitrogens with zero attached hydrogens (tertiary/aromatic N) is 2. The number of rotatable bonds is 7. The van der Waals surface area contributed by atoms with Gasteiger partial charge in [-0.15, -0.1) is 0 Å². The van der Waals surface area contributed by atoms with Crippen LogP contribution in [0.4, 0.5) is 5.69 Å². The summed E-state index contributed by atoms with van der Waals surface area (Å²) < 4.78 is 5.39. The highest BCUT2D eigenvalue weighted by Gasteiger charge is 2.27. The first kappa shape index (κ1) is 20.4. The molecule has 1 saturated heterocycles. The lowest BCUT2D eigenvalue weighted by molar-refractivity contribution is 0.0937. The minimum absolute atomic E-state index is 0.0861. The molecule has 1 amide bonds. The van der Waals surface area contributed by atoms with Crippen LogP contribution in [0.5, 0.6) is 0 Å². The Morgan fingerprint density at radius 2 is 1.67 bits per heavy atom. The van der Waals surface area contributed by atoms with Gasteiger partial charge in [-0.05, 0) is 75.0 Å². The van der Waals surface area contributed by atoms with Crippen molar-refractivity contribution >= 4 is 11.6 Å². The van der Waals surface area contributed by atoms with Gasteiger partial charge in [0.25, 0.3) is 5.91 Å². The zero-order chi connectivity index (χ0) is 20.8. The van der Waals surface area contributed by atoms with Gasteiger partial charge in [0.15, 0.2) is 5.76 Å². The summed E-state index contributed by atoms with van der Waals surface area (Å²) >= 11 is 0. The molecule has 2 aromatic carbocycles. The number of amides is 1. The van der Waals surface area contributed by atoms with E-state index in [0.717, 1.165) is 31.1 Å². The molecule has 1 aromatic heterocycles. The van der Waals surface area contributed by atoms with Crippen LogP contribution in [-0.4, -0.2) is 36.5 Å². The van der Waals surface area contributed by atoms with Crippen LogP contribution in [0.2, 0.25) is 0 Å². The number of piperidine rings is 1. The second kappa shape index (κ2) is 9.77. The van der Waals surface area contributed by atoms with E-state index in [0.29, 0.717) is 12.3 Å². The van der Waals surface area contributed by atoms with Crippen molar-refractivity contribution in [2.24, 2.45) is 5.92 Å². The van der Waals surface area contributed by atoms with Gasteiger partial charge in [0.2, 0.25) is 0 Å². The van der Waals surface area contributed by atoms with Gasteiger partial charge in [-0.25, -0.2) is 0 Å². The zero-order valence-corrected chi connectivity index (χ0v) is 17.6. The average molecular weight is 403 g/mol. The monoisotopic (exact) mass is 402 g/mol. The SMILES string of the molecule is CC(CN(C(=O)c1ccco1)c1ccccc1)N1CCC(Cc2ccccc2)CC1. The number of likely N-dealkylation sites (tertiary alicyclic amines) is 1. The molecule has 1 aliphatic heterocycles. The number of para-hydroxylation sites is 1. The molecule has 30 heavy (non-hydrogen) atoms. The van der Waals surface area contributed by atoms with E-state index in [-0.39, 0.29) is 11.9 Å². The summed E-state index contributed by atoms with van der Waals surface area (Å²) in [7, 11) is 0. The standard InChI is InChI=1S/C26H30N2O2/c1-21(27-16-14-23(15-17-27)19-22-9-4-2-5-10-22)20-28(24-11-6-3-7-12-24)26(29)25-13-8-18-30-25/h2-13,18,21,23H,14-17,19-20H2,1H3. The molecule has 0 saturated carbocycles. The molecule has 1 atom stereocenters. The molecule has 0 bridgehead atoms. The molecule has 1 unspecified atom stereocenters. The average Bonchev–Trinajstić information content (AvgIpc) is 3.34. The van der Waals surface area contributed by atoms with Crippen LogP contribution >= 0.6 is 0 Å². The lowest BCUT2D eigenvalue weighted by Crippen LogP contribution is -2.47. The van der Waals surface area contributed by atoms with Crippen LogP contribution < -0.4 is 4.90 Å². The zero-order valence-electron chi connectivity index (χ0n) is 17.6. The molecule has 0 spiro atoms. The van der Waals surface area contributed by atoms with Gasteiger partial charge in [-0.2, -0.15) is 0 Å². The molecule has 2 heterocycles. The third-order valence-corrected chi connectivity index (χ3v) is 6.13. The Morgan fingerprint density at radius 1 is 1.00 bits per heavy atom. The lowest BCUT2D eigenvalue weighted by atomic mass is 9.89. The highest BCUT2D eigenvalue weighted by molar-refractivity contribution is 6.04. The van der Waals surface area contributed by atoms with Gasteiger partial charge < -0.3 is 9.32 Å². The van der Waals surface area contributed by atoms with Crippen LogP contribution in [0.25, 0.3) is 0 Å². The second-order valence-corrected chi connectivity index (χ2v) is 8.25. The molecule has 4 nitrogen and oxygen atoms in total. The van der Waals surface area contributed by atoms with Gasteiger partial charge in [-0.1, -0.05) is 48.5 Å². The van der Waals surface area contributed by atoms with Crippen LogP contribution in [0.3, 0.4) is 0 Å². The van der Waals surface area contributed by atoms with Crippen LogP contribution in [-0.2, 0) is 6.42 Å². The number of carbonyl (C=O) groups excluding carboxylic acids is 1. The summed E-state index contributed by atoms with van der Waals surface area (Å²) in [5.41, 5.74) is 2.34. The Bertz CT molecular complexity index is 901. The van der Waals surface area contributed by atoms with Crippen molar-refractivity contribution in [1.29, 1.82) is 0 Å². The molecule has 0 N–H and O–H groups in total. The first-order valence-corrected chi connectivity index (χ1v) is 10.9. The van der Waals surface area contributed by atoms with Crippen LogP contribution in [0.1, 0.15) is 35.9 Å². The van der Waals surface area contributed by atoms with Crippen molar-refractivity contribution in [1.82, 2.24) is 4.90 Å². The van der Waals surface area contributed by atoms with Gasteiger partial charge in [0, 0.05) is 18.3 Å². The Balaban J connectivity index is 1.38. The molecule has 4 rings (SSSR count). The summed E-state index contributed by atoms with van der Waals surface area (Å²) in [4.78, 5) is 17.5. The summed E-state index contributed by atoms with van der Waals surface area (Å²) in [5, 5.41) is 0. The maximum Gasteiger partial charge on any atom is 0.294 e. The van der Waals surface area contributed by atoms with Crippen molar-refractivity contribution in [3.8, 4) is 0 Å². The van der Waals surface area contributed by atoms with Crippen molar-refractivity contribution in [2.45, 2.75) is 32.2 Å². The lowest BCUT2D eigenvalue weighted by Gasteiger charge is -2.38. The van der Waals surface area contributed by atoms with Gasteiger partial charge in [-0.3, -0.25) is 9.69 Å². The number of carbonyl (C=O) groups is 1. The summed E-state index contributed by atoms with van der Waals surface area (Å²) in [6, 6.07) is 24.4. The molecular formula is C26H30N2O2. The Kier molecular flexibility index (Phi) is 6.65. The topological polar surface area (TPSA) is 36.7 Å². The molecule has 0 radical (unpaired) electrons. The van der Waals surface area contributed by atoms with E-state index in [1.54, 1.807) is 18.4 Å². The molecule has 1 fully saturated rings. The van der Waals surface area contributed by atoms with E-state index in [1.807, 2.05) is 35.2 Å². The Hall–Kier alpha value is -2.85. The first-order chi connectivity index (χ1) is 14.7. The minimum Gasteiger partial charge on any atom is -0.459 e. The highest BCUT2D eigenvalue weighted by atomic mass is 16.3. The fourth-order valence-electron chi connectivity index (χ4n) is 4.37. The molecule has 156 valence electrons. The summed E-state index contributed by atoms with van der Waals surface area (Å²) in [6.07, 6.45) is 5.13. The van der Waals surface area contributed by atoms with Crippen molar-refractivity contribution < 1.29 is 9.21 Å². The van der Waals surface area contributed by atoms with Crippen molar-refractivity contribution in [3.05, 3.63) is 90.4 Å². The number of benzene rings is 2. The van der Waals surface area contributed by atoms with Gasteiger partial charge in [0.05, 0.1) is 6.26 Å². The Morgan fingerprint density at radius 3 is 2.30 bits per heavy atom. The third-order valence-electron chi connectivity index (χ3n) is 6.13. The molecule has 1 aliphatic rings. The van der Waals surface area contributed by atoms with E-state index >= 15 is 0 Å². The largest absolute Gasteiger partial charge is 0.459 e. The minimum atomic E-state index is -0.0861. The fourth-order valence-corrected chi connectivity index (χ4v) is 4.37. The van der Waals surface area contributed by atoms with E-state index < -0.39 is 0 Å². The normalized spacial score (nSPS) is 16.3. The van der Waals surface area contributed by atoms with Crippen molar-refractivity contribution in [2.75, 3.05) is 24.5 Å². The predicted octanol–water partition coefficient (Wildman–Crippen LogP) is 5.27. The van der Waals surface area contributed by atoms with Gasteiger partial charge >= 0.3 is 0 Å². The van der Waals surface area contributed by atoms with Crippen LogP contribution in [0.15, 0.2) is 83.5 Å². The fraction of sp³-hybridized carbons (Fsp3) is 0.346. The third kappa shape index (κ3) is 5.00. The number of hydrogen-bond acceptors (Lipinski definition) is 3. The van der Waals surface area contributed by atoms with Crippen LogP contribution in [0, 0.1) is 5.92 Å². The molecule has 3 aromatic rings. The van der Waals surface area contributed by atoms with E-state index in [1.165, 1.54) is 18.4 Å². The maximum atomic E-state index is 13.1. The van der Waals surface area contributed by atoms with E-state index in [4.69, 9.17) is 4.42 Å². The summed E-state index contributed by atoms with van der Waals surface area (Å²) in [6.45, 7) is 5.03. The highest BCUT2D eigenvalue weighted by Crippen LogP contribution is 2.24. The van der Waals surface area contributed by atoms with Gasteiger partial charge in [0.1, 0.15) is 0 Å². The molecule has 0 aliphatic carbocycles. The van der Waals surface area contributed by atoms with Crippen molar-refractivity contribution in [3.63, 3.8) is 0 Å². The molecular weight excluding hydrogens is 372 g/mol. The maximum absolute atomic E-state index is 13.1. The smallest absolute Gasteiger partial charge is 0.294 e. The van der Waals surface area contributed by atoms with E-state index in [2.05, 4.69) is 42.2 Å². The first-order valence-electron chi connectivity index (χ1n) is 10.9. The Labute approximate surface area is 179 Å².